The average molecular weight is 218 g/mol. The first kappa shape index (κ1) is 11.7. The highest BCUT2D eigenvalue weighted by molar-refractivity contribution is 7.88. The van der Waals surface area contributed by atoms with E-state index in [-0.39, 0.29) is 0 Å². The molecule has 1 heterocycles. The van der Waals surface area contributed by atoms with Gasteiger partial charge in [0.05, 0.1) is 6.26 Å². The Kier molecular flexibility index (Phi) is 4.10. The normalized spacial score (nSPS) is 21.8. The molecular weight excluding hydrogens is 200 g/mol. The van der Waals surface area contributed by atoms with Crippen molar-refractivity contribution in [2.45, 2.75) is 6.42 Å². The van der Waals surface area contributed by atoms with E-state index >= 15 is 0 Å². The predicted octanol–water partition coefficient (Wildman–Crippen LogP) is 0.140. The molecule has 0 aromatic carbocycles. The third-order valence-corrected chi connectivity index (χ3v) is 3.71. The Balaban J connectivity index is 2.53. The summed E-state index contributed by atoms with van der Waals surface area (Å²) in [5, 5.41) is 0. The second kappa shape index (κ2) is 4.91. The van der Waals surface area contributed by atoms with E-state index in [9.17, 15) is 8.42 Å². The zero-order chi connectivity index (χ0) is 10.6. The molecule has 1 aliphatic rings. The molecule has 0 N–H and O–H groups in total. The maximum absolute atomic E-state index is 11.3. The van der Waals surface area contributed by atoms with Crippen molar-refractivity contribution in [3.05, 3.63) is 12.7 Å². The lowest BCUT2D eigenvalue weighted by atomic mass is 10.4. The lowest BCUT2D eigenvalue weighted by Gasteiger charge is -2.18. The summed E-state index contributed by atoms with van der Waals surface area (Å²) in [6, 6.07) is 0. The smallest absolute Gasteiger partial charge is 0.211 e. The molecule has 4 nitrogen and oxygen atoms in total. The van der Waals surface area contributed by atoms with E-state index in [1.807, 2.05) is 6.08 Å². The van der Waals surface area contributed by atoms with Gasteiger partial charge in [0.15, 0.2) is 0 Å². The molecule has 5 heteroatoms. The van der Waals surface area contributed by atoms with Gasteiger partial charge < -0.3 is 0 Å². The summed E-state index contributed by atoms with van der Waals surface area (Å²) < 4.78 is 24.1. The van der Waals surface area contributed by atoms with E-state index in [1.54, 1.807) is 4.31 Å². The van der Waals surface area contributed by atoms with Crippen LogP contribution in [0.2, 0.25) is 0 Å². The first-order chi connectivity index (χ1) is 6.54. The van der Waals surface area contributed by atoms with Gasteiger partial charge in [-0.05, 0) is 13.0 Å². The van der Waals surface area contributed by atoms with Crippen molar-refractivity contribution in [1.29, 1.82) is 0 Å². The molecule has 82 valence electrons. The van der Waals surface area contributed by atoms with E-state index in [2.05, 4.69) is 11.5 Å². The Morgan fingerprint density at radius 1 is 1.29 bits per heavy atom. The summed E-state index contributed by atoms with van der Waals surface area (Å²) in [7, 11) is -3.01. The van der Waals surface area contributed by atoms with Gasteiger partial charge in [-0.2, -0.15) is 0 Å². The van der Waals surface area contributed by atoms with Gasteiger partial charge in [-0.15, -0.1) is 6.58 Å². The highest BCUT2D eigenvalue weighted by atomic mass is 32.2. The van der Waals surface area contributed by atoms with Crippen LogP contribution in [0.15, 0.2) is 12.7 Å². The Bertz CT molecular complexity index is 287. The molecule has 1 saturated heterocycles. The minimum Gasteiger partial charge on any atom is -0.298 e. The average Bonchev–Trinajstić information content (AvgIpc) is 2.29. The van der Waals surface area contributed by atoms with Gasteiger partial charge >= 0.3 is 0 Å². The molecule has 0 aliphatic carbocycles. The van der Waals surface area contributed by atoms with Gasteiger partial charge in [0.2, 0.25) is 10.0 Å². The van der Waals surface area contributed by atoms with E-state index in [1.165, 1.54) is 6.26 Å². The van der Waals surface area contributed by atoms with E-state index in [0.717, 1.165) is 26.1 Å². The highest BCUT2D eigenvalue weighted by Gasteiger charge is 2.20. The van der Waals surface area contributed by atoms with Crippen LogP contribution in [0.5, 0.6) is 0 Å². The van der Waals surface area contributed by atoms with Crippen molar-refractivity contribution < 1.29 is 8.42 Å². The molecular formula is C9H18N2O2S. The molecule has 1 rings (SSSR count). The van der Waals surface area contributed by atoms with Gasteiger partial charge in [0.1, 0.15) is 0 Å². The van der Waals surface area contributed by atoms with Crippen LogP contribution in [0.25, 0.3) is 0 Å². The maximum atomic E-state index is 11.3. The molecule has 0 radical (unpaired) electrons. The third kappa shape index (κ3) is 3.40. The molecule has 0 spiro atoms. The summed E-state index contributed by atoms with van der Waals surface area (Å²) in [6.45, 7) is 7.53. The van der Waals surface area contributed by atoms with Gasteiger partial charge in [-0.3, -0.25) is 4.90 Å². The quantitative estimate of drug-likeness (QED) is 0.633. The Hall–Kier alpha value is -0.390. The van der Waals surface area contributed by atoms with Crippen LogP contribution >= 0.6 is 0 Å². The largest absolute Gasteiger partial charge is 0.298 e. The zero-order valence-electron chi connectivity index (χ0n) is 8.65. The fraction of sp³-hybridized carbons (Fsp3) is 0.778. The maximum Gasteiger partial charge on any atom is 0.211 e. The van der Waals surface area contributed by atoms with Crippen LogP contribution in [-0.4, -0.2) is 56.6 Å². The van der Waals surface area contributed by atoms with Crippen LogP contribution in [-0.2, 0) is 10.0 Å². The van der Waals surface area contributed by atoms with Gasteiger partial charge in [0.25, 0.3) is 0 Å². The number of rotatable bonds is 3. The number of nitrogens with zero attached hydrogens (tertiary/aromatic N) is 2. The van der Waals surface area contributed by atoms with Gasteiger partial charge in [0, 0.05) is 26.2 Å². The summed E-state index contributed by atoms with van der Waals surface area (Å²) >= 11 is 0. The topological polar surface area (TPSA) is 40.6 Å². The van der Waals surface area contributed by atoms with Gasteiger partial charge in [-0.25, -0.2) is 12.7 Å². The molecule has 0 aromatic heterocycles. The van der Waals surface area contributed by atoms with Crippen LogP contribution < -0.4 is 0 Å². The number of hydrogen-bond donors (Lipinski definition) is 0. The number of hydrogen-bond acceptors (Lipinski definition) is 3. The second-order valence-electron chi connectivity index (χ2n) is 3.60. The number of sulfonamides is 1. The fourth-order valence-corrected chi connectivity index (χ4v) is 2.52. The first-order valence-electron chi connectivity index (χ1n) is 4.82. The lowest BCUT2D eigenvalue weighted by molar-refractivity contribution is 0.316. The molecule has 0 amide bonds. The van der Waals surface area contributed by atoms with Crippen LogP contribution in [0.3, 0.4) is 0 Å². The predicted molar refractivity (Wildman–Crippen MR) is 57.7 cm³/mol. The minimum atomic E-state index is -3.01. The molecule has 0 bridgehead atoms. The lowest BCUT2D eigenvalue weighted by Crippen LogP contribution is -2.34. The van der Waals surface area contributed by atoms with Crippen LogP contribution in [0.1, 0.15) is 6.42 Å². The first-order valence-corrected chi connectivity index (χ1v) is 6.67. The van der Waals surface area contributed by atoms with E-state index < -0.39 is 10.0 Å². The van der Waals surface area contributed by atoms with Crippen molar-refractivity contribution >= 4 is 10.0 Å². The minimum absolute atomic E-state index is 0.604. The van der Waals surface area contributed by atoms with Crippen molar-refractivity contribution in [3.8, 4) is 0 Å². The molecule has 0 unspecified atom stereocenters. The third-order valence-electron chi connectivity index (χ3n) is 2.40. The molecule has 1 aliphatic heterocycles. The fourth-order valence-electron chi connectivity index (χ4n) is 1.64. The van der Waals surface area contributed by atoms with Gasteiger partial charge in [-0.1, -0.05) is 6.08 Å². The molecule has 14 heavy (non-hydrogen) atoms. The molecule has 0 saturated carbocycles. The van der Waals surface area contributed by atoms with Crippen molar-refractivity contribution in [2.75, 3.05) is 39.0 Å². The monoisotopic (exact) mass is 218 g/mol. The SMILES string of the molecule is C=CCN1CCCN(S(C)(=O)=O)CC1. The molecule has 0 atom stereocenters. The van der Waals surface area contributed by atoms with Crippen LogP contribution in [0.4, 0.5) is 0 Å². The molecule has 0 aromatic rings. The van der Waals surface area contributed by atoms with Crippen molar-refractivity contribution in [3.63, 3.8) is 0 Å². The van der Waals surface area contributed by atoms with Crippen LogP contribution in [0, 0.1) is 0 Å². The summed E-state index contributed by atoms with van der Waals surface area (Å²) in [6.07, 6.45) is 4.03. The van der Waals surface area contributed by atoms with Crippen molar-refractivity contribution in [1.82, 2.24) is 9.21 Å². The standard InChI is InChI=1S/C9H18N2O2S/c1-3-5-10-6-4-7-11(9-8-10)14(2,12)13/h3H,1,4-9H2,2H3. The van der Waals surface area contributed by atoms with E-state index in [4.69, 9.17) is 0 Å². The Labute approximate surface area is 86.2 Å². The summed E-state index contributed by atoms with van der Waals surface area (Å²) in [5.41, 5.74) is 0. The molecule has 1 fully saturated rings. The van der Waals surface area contributed by atoms with E-state index in [0.29, 0.717) is 13.1 Å². The zero-order valence-corrected chi connectivity index (χ0v) is 9.46. The summed E-state index contributed by atoms with van der Waals surface area (Å²) in [5.74, 6) is 0. The summed E-state index contributed by atoms with van der Waals surface area (Å²) in [4.78, 5) is 2.22. The Morgan fingerprint density at radius 3 is 2.57 bits per heavy atom. The van der Waals surface area contributed by atoms with Crippen molar-refractivity contribution in [2.24, 2.45) is 0 Å². The highest BCUT2D eigenvalue weighted by Crippen LogP contribution is 2.06. The Morgan fingerprint density at radius 2 is 2.00 bits per heavy atom. The second-order valence-corrected chi connectivity index (χ2v) is 5.59.